The van der Waals surface area contributed by atoms with Gasteiger partial charge in [0.25, 0.3) is 0 Å². The van der Waals surface area contributed by atoms with Crippen LogP contribution < -0.4 is 0 Å². The van der Waals surface area contributed by atoms with Crippen LogP contribution >= 0.6 is 12.4 Å². The molecule has 1 N–H and O–H groups in total. The van der Waals surface area contributed by atoms with Crippen LogP contribution in [0.1, 0.15) is 51.0 Å². The van der Waals surface area contributed by atoms with E-state index in [2.05, 4.69) is 24.8 Å². The third-order valence-corrected chi connectivity index (χ3v) is 4.42. The molecular formula is C17H28ClNO. The summed E-state index contributed by atoms with van der Waals surface area (Å²) in [7, 11) is 0. The fourth-order valence-electron chi connectivity index (χ4n) is 3.40. The van der Waals surface area contributed by atoms with Crippen molar-refractivity contribution in [2.24, 2.45) is 5.92 Å². The number of halogens is 1. The largest absolute Gasteiger partial charge is 0.508 e. The van der Waals surface area contributed by atoms with Gasteiger partial charge in [-0.15, -0.1) is 12.4 Å². The van der Waals surface area contributed by atoms with E-state index in [1.165, 1.54) is 44.5 Å². The van der Waals surface area contributed by atoms with E-state index in [1.807, 2.05) is 12.1 Å². The molecule has 1 heterocycles. The van der Waals surface area contributed by atoms with Gasteiger partial charge in [-0.3, -0.25) is 0 Å². The van der Waals surface area contributed by atoms with Crippen LogP contribution in [0.5, 0.6) is 5.75 Å². The highest BCUT2D eigenvalue weighted by atomic mass is 35.5. The first-order chi connectivity index (χ1) is 9.20. The van der Waals surface area contributed by atoms with Gasteiger partial charge in [0.15, 0.2) is 0 Å². The number of likely N-dealkylation sites (tertiary alicyclic amines) is 1. The van der Waals surface area contributed by atoms with Crippen molar-refractivity contribution in [2.75, 3.05) is 19.6 Å². The average molecular weight is 298 g/mol. The molecule has 1 aliphatic rings. The van der Waals surface area contributed by atoms with Gasteiger partial charge in [-0.2, -0.15) is 0 Å². The number of hydrogen-bond acceptors (Lipinski definition) is 2. The summed E-state index contributed by atoms with van der Waals surface area (Å²) >= 11 is 0. The van der Waals surface area contributed by atoms with Gasteiger partial charge in [-0.25, -0.2) is 0 Å². The van der Waals surface area contributed by atoms with Crippen LogP contribution in [0, 0.1) is 5.92 Å². The quantitative estimate of drug-likeness (QED) is 0.869. The van der Waals surface area contributed by atoms with E-state index >= 15 is 0 Å². The number of rotatable bonds is 5. The summed E-state index contributed by atoms with van der Waals surface area (Å²) in [6.45, 7) is 8.32. The lowest BCUT2D eigenvalue weighted by Gasteiger charge is -2.32. The Bertz CT molecular complexity index is 390. The monoisotopic (exact) mass is 297 g/mol. The van der Waals surface area contributed by atoms with Gasteiger partial charge in [0.1, 0.15) is 5.75 Å². The molecular weight excluding hydrogens is 270 g/mol. The number of hydrogen-bond donors (Lipinski definition) is 1. The van der Waals surface area contributed by atoms with E-state index in [1.54, 1.807) is 6.07 Å². The van der Waals surface area contributed by atoms with Gasteiger partial charge in [0.05, 0.1) is 0 Å². The van der Waals surface area contributed by atoms with E-state index in [4.69, 9.17) is 0 Å². The predicted molar refractivity (Wildman–Crippen MR) is 87.8 cm³/mol. The first kappa shape index (κ1) is 17.3. The Labute approximate surface area is 129 Å². The molecule has 2 rings (SSSR count). The van der Waals surface area contributed by atoms with Crippen LogP contribution in [0.4, 0.5) is 0 Å². The number of piperidine rings is 1. The van der Waals surface area contributed by atoms with Gasteiger partial charge in [-0.1, -0.05) is 32.4 Å². The number of phenols is 1. The van der Waals surface area contributed by atoms with E-state index in [0.29, 0.717) is 17.6 Å². The van der Waals surface area contributed by atoms with Crippen molar-refractivity contribution >= 4 is 12.4 Å². The minimum atomic E-state index is 0. The molecule has 0 aromatic heterocycles. The average Bonchev–Trinajstić information content (AvgIpc) is 2.41. The summed E-state index contributed by atoms with van der Waals surface area (Å²) in [6.07, 6.45) is 5.25. The maximum atomic E-state index is 9.65. The number of benzene rings is 1. The fraction of sp³-hybridized carbons (Fsp3) is 0.647. The summed E-state index contributed by atoms with van der Waals surface area (Å²) in [6, 6.07) is 7.80. The smallest absolute Gasteiger partial charge is 0.115 e. The molecule has 2 atom stereocenters. The number of phenolic OH excluding ortho intramolecular Hbond substituents is 1. The summed E-state index contributed by atoms with van der Waals surface area (Å²) in [5, 5.41) is 9.65. The van der Waals surface area contributed by atoms with Crippen LogP contribution in [-0.4, -0.2) is 29.6 Å². The van der Waals surface area contributed by atoms with E-state index in [-0.39, 0.29) is 12.4 Å². The van der Waals surface area contributed by atoms with Crippen LogP contribution in [0.25, 0.3) is 0 Å². The molecule has 0 radical (unpaired) electrons. The standard InChI is InChI=1S/C17H27NO.ClH/c1-3-17(15-8-7-9-16(19)12-15)14(2)13-18-10-5-4-6-11-18;/h7-9,12,14,17,19H,3-6,10-11,13H2,1-2H3;1H. The van der Waals surface area contributed by atoms with Crippen LogP contribution in [-0.2, 0) is 0 Å². The summed E-state index contributed by atoms with van der Waals surface area (Å²) in [5.41, 5.74) is 1.28. The molecule has 1 fully saturated rings. The Hall–Kier alpha value is -0.730. The lowest BCUT2D eigenvalue weighted by atomic mass is 9.84. The van der Waals surface area contributed by atoms with Gasteiger partial charge >= 0.3 is 0 Å². The molecule has 1 aliphatic heterocycles. The van der Waals surface area contributed by atoms with Crippen LogP contribution in [0.3, 0.4) is 0 Å². The Morgan fingerprint density at radius 1 is 1.20 bits per heavy atom. The van der Waals surface area contributed by atoms with Crippen LogP contribution in [0.2, 0.25) is 0 Å². The van der Waals surface area contributed by atoms with Crippen molar-refractivity contribution in [3.8, 4) is 5.75 Å². The van der Waals surface area contributed by atoms with Crippen molar-refractivity contribution in [1.29, 1.82) is 0 Å². The molecule has 0 bridgehead atoms. The lowest BCUT2D eigenvalue weighted by Crippen LogP contribution is -2.35. The third-order valence-electron chi connectivity index (χ3n) is 4.42. The van der Waals surface area contributed by atoms with Gasteiger partial charge in [-0.05, 0) is 61.9 Å². The molecule has 0 saturated carbocycles. The van der Waals surface area contributed by atoms with E-state index in [9.17, 15) is 5.11 Å². The van der Waals surface area contributed by atoms with Crippen LogP contribution in [0.15, 0.2) is 24.3 Å². The molecule has 1 aromatic carbocycles. The van der Waals surface area contributed by atoms with Gasteiger partial charge in [0.2, 0.25) is 0 Å². The molecule has 0 amide bonds. The lowest BCUT2D eigenvalue weighted by molar-refractivity contribution is 0.188. The van der Waals surface area contributed by atoms with Crippen molar-refractivity contribution in [1.82, 2.24) is 4.90 Å². The Morgan fingerprint density at radius 3 is 2.50 bits per heavy atom. The zero-order chi connectivity index (χ0) is 13.7. The Morgan fingerprint density at radius 2 is 1.90 bits per heavy atom. The second kappa shape index (κ2) is 8.53. The van der Waals surface area contributed by atoms with Crippen molar-refractivity contribution in [2.45, 2.75) is 45.4 Å². The summed E-state index contributed by atoms with van der Waals surface area (Å²) in [5.74, 6) is 1.58. The first-order valence-corrected chi connectivity index (χ1v) is 7.72. The maximum absolute atomic E-state index is 9.65. The first-order valence-electron chi connectivity index (χ1n) is 7.72. The second-order valence-electron chi connectivity index (χ2n) is 5.95. The highest BCUT2D eigenvalue weighted by molar-refractivity contribution is 5.85. The number of nitrogens with zero attached hydrogens (tertiary/aromatic N) is 1. The highest BCUT2D eigenvalue weighted by Gasteiger charge is 2.21. The molecule has 3 heteroatoms. The topological polar surface area (TPSA) is 23.5 Å². The molecule has 1 aromatic rings. The predicted octanol–water partition coefficient (Wildman–Crippen LogP) is 4.43. The zero-order valence-electron chi connectivity index (χ0n) is 12.7. The minimum Gasteiger partial charge on any atom is -0.508 e. The van der Waals surface area contributed by atoms with Gasteiger partial charge in [0, 0.05) is 6.54 Å². The molecule has 0 aliphatic carbocycles. The second-order valence-corrected chi connectivity index (χ2v) is 5.95. The SMILES string of the molecule is CCC(c1cccc(O)c1)C(C)CN1CCCCC1.Cl. The molecule has 0 spiro atoms. The summed E-state index contributed by atoms with van der Waals surface area (Å²) in [4.78, 5) is 2.61. The molecule has 1 saturated heterocycles. The fourth-order valence-corrected chi connectivity index (χ4v) is 3.40. The van der Waals surface area contributed by atoms with Crippen molar-refractivity contribution in [3.63, 3.8) is 0 Å². The Balaban J connectivity index is 0.00000200. The van der Waals surface area contributed by atoms with Crippen molar-refractivity contribution < 1.29 is 5.11 Å². The molecule has 2 unspecified atom stereocenters. The Kier molecular flexibility index (Phi) is 7.39. The minimum absolute atomic E-state index is 0. The normalized spacial score (nSPS) is 19.1. The zero-order valence-corrected chi connectivity index (χ0v) is 13.5. The van der Waals surface area contributed by atoms with E-state index < -0.39 is 0 Å². The summed E-state index contributed by atoms with van der Waals surface area (Å²) < 4.78 is 0. The van der Waals surface area contributed by atoms with Gasteiger partial charge < -0.3 is 10.0 Å². The molecule has 20 heavy (non-hydrogen) atoms. The van der Waals surface area contributed by atoms with Crippen molar-refractivity contribution in [3.05, 3.63) is 29.8 Å². The third kappa shape index (κ3) is 4.68. The highest BCUT2D eigenvalue weighted by Crippen LogP contribution is 2.30. The molecule has 114 valence electrons. The number of aromatic hydroxyl groups is 1. The van der Waals surface area contributed by atoms with E-state index in [0.717, 1.165) is 6.42 Å². The molecule has 2 nitrogen and oxygen atoms in total. The maximum Gasteiger partial charge on any atom is 0.115 e.